The molecule has 0 aromatic rings. The van der Waals surface area contributed by atoms with E-state index in [1.807, 2.05) is 13.8 Å². The molecule has 0 spiro atoms. The van der Waals surface area contributed by atoms with Gasteiger partial charge < -0.3 is 10.5 Å². The highest BCUT2D eigenvalue weighted by Gasteiger charge is 2.27. The number of ether oxygens (including phenoxy) is 1. The van der Waals surface area contributed by atoms with Gasteiger partial charge in [0.05, 0.1) is 0 Å². The molecule has 1 heterocycles. The van der Waals surface area contributed by atoms with Crippen molar-refractivity contribution >= 4 is 11.9 Å². The van der Waals surface area contributed by atoms with Crippen LogP contribution in [0.4, 0.5) is 0 Å². The number of carbonyl (C=O) groups excluding carboxylic acids is 1. The molecule has 1 amide bonds. The summed E-state index contributed by atoms with van der Waals surface area (Å²) in [6, 6.07) is 0.000602. The first-order valence-electron chi connectivity index (χ1n) is 3.64. The maximum atomic E-state index is 10.9. The first-order chi connectivity index (χ1) is 5.09. The molecular weight excluding hydrogens is 144 g/mol. The van der Waals surface area contributed by atoms with E-state index in [4.69, 9.17) is 10.5 Å². The third-order valence-electron chi connectivity index (χ3n) is 1.44. The molecule has 1 rings (SSSR count). The first kappa shape index (κ1) is 8.04. The first-order valence-corrected chi connectivity index (χ1v) is 3.64. The van der Waals surface area contributed by atoms with Crippen molar-refractivity contribution in [2.45, 2.75) is 26.4 Å². The SMILES string of the molecule is CC(C)CC1OC(N)=NC1=O. The van der Waals surface area contributed by atoms with E-state index in [0.717, 1.165) is 0 Å². The van der Waals surface area contributed by atoms with Crippen LogP contribution in [0.15, 0.2) is 4.99 Å². The Kier molecular flexibility index (Phi) is 2.12. The fourth-order valence-corrected chi connectivity index (χ4v) is 0.980. The predicted molar refractivity (Wildman–Crippen MR) is 41.0 cm³/mol. The van der Waals surface area contributed by atoms with Crippen molar-refractivity contribution in [2.75, 3.05) is 0 Å². The third-order valence-corrected chi connectivity index (χ3v) is 1.44. The molecule has 1 aliphatic rings. The molecule has 2 N–H and O–H groups in total. The third kappa shape index (κ3) is 1.93. The zero-order chi connectivity index (χ0) is 8.43. The van der Waals surface area contributed by atoms with Crippen molar-refractivity contribution in [3.63, 3.8) is 0 Å². The Hall–Kier alpha value is -1.06. The summed E-state index contributed by atoms with van der Waals surface area (Å²) >= 11 is 0. The summed E-state index contributed by atoms with van der Waals surface area (Å²) in [5, 5.41) is 0. The van der Waals surface area contributed by atoms with Gasteiger partial charge in [0.25, 0.3) is 11.9 Å². The van der Waals surface area contributed by atoms with Crippen LogP contribution in [-0.4, -0.2) is 18.0 Å². The van der Waals surface area contributed by atoms with E-state index >= 15 is 0 Å². The maximum absolute atomic E-state index is 10.9. The average molecular weight is 156 g/mol. The van der Waals surface area contributed by atoms with Crippen LogP contribution in [0.25, 0.3) is 0 Å². The van der Waals surface area contributed by atoms with Crippen molar-refractivity contribution in [1.82, 2.24) is 0 Å². The summed E-state index contributed by atoms with van der Waals surface area (Å²) in [5.41, 5.74) is 5.20. The standard InChI is InChI=1S/C7H12N2O2/c1-4(2)3-5-6(10)9-7(8)11-5/h4-5H,3H2,1-2H3,(H2,8,9,10). The van der Waals surface area contributed by atoms with Gasteiger partial charge in [0, 0.05) is 0 Å². The highest BCUT2D eigenvalue weighted by molar-refractivity contribution is 5.97. The second kappa shape index (κ2) is 2.90. The Balaban J connectivity index is 2.47. The lowest BCUT2D eigenvalue weighted by atomic mass is 10.1. The molecular formula is C7H12N2O2. The van der Waals surface area contributed by atoms with Gasteiger partial charge in [0.2, 0.25) is 0 Å². The van der Waals surface area contributed by atoms with Crippen LogP contribution in [0.5, 0.6) is 0 Å². The molecule has 0 bridgehead atoms. The minimum atomic E-state index is -0.435. The number of aliphatic imine (C=N–C) groups is 1. The summed E-state index contributed by atoms with van der Waals surface area (Å²) in [6.45, 7) is 4.04. The highest BCUT2D eigenvalue weighted by atomic mass is 16.5. The zero-order valence-electron chi connectivity index (χ0n) is 6.70. The second-order valence-electron chi connectivity index (χ2n) is 3.02. The van der Waals surface area contributed by atoms with E-state index in [-0.39, 0.29) is 11.9 Å². The number of carbonyl (C=O) groups is 1. The Morgan fingerprint density at radius 2 is 2.36 bits per heavy atom. The normalized spacial score (nSPS) is 23.7. The van der Waals surface area contributed by atoms with Crippen LogP contribution < -0.4 is 5.73 Å². The number of rotatable bonds is 2. The van der Waals surface area contributed by atoms with Crippen LogP contribution >= 0.6 is 0 Å². The highest BCUT2D eigenvalue weighted by Crippen LogP contribution is 2.13. The van der Waals surface area contributed by atoms with Crippen molar-refractivity contribution in [1.29, 1.82) is 0 Å². The number of hydrogen-bond acceptors (Lipinski definition) is 3. The molecule has 4 nitrogen and oxygen atoms in total. The van der Waals surface area contributed by atoms with Crippen molar-refractivity contribution in [3.8, 4) is 0 Å². The number of nitrogens with zero attached hydrogens (tertiary/aromatic N) is 1. The van der Waals surface area contributed by atoms with Gasteiger partial charge in [-0.15, -0.1) is 0 Å². The van der Waals surface area contributed by atoms with Gasteiger partial charge in [-0.25, -0.2) is 0 Å². The molecule has 0 radical (unpaired) electrons. The van der Waals surface area contributed by atoms with Gasteiger partial charge in [-0.05, 0) is 12.3 Å². The Labute approximate surface area is 65.4 Å². The lowest BCUT2D eigenvalue weighted by Gasteiger charge is -2.09. The van der Waals surface area contributed by atoms with Gasteiger partial charge in [-0.3, -0.25) is 4.79 Å². The summed E-state index contributed by atoms with van der Waals surface area (Å²) in [6.07, 6.45) is 0.248. The number of amides is 1. The Morgan fingerprint density at radius 3 is 2.73 bits per heavy atom. The van der Waals surface area contributed by atoms with E-state index < -0.39 is 6.10 Å². The Morgan fingerprint density at radius 1 is 1.73 bits per heavy atom. The quantitative estimate of drug-likeness (QED) is 0.624. The van der Waals surface area contributed by atoms with Crippen LogP contribution in [0, 0.1) is 5.92 Å². The monoisotopic (exact) mass is 156 g/mol. The minimum Gasteiger partial charge on any atom is -0.452 e. The zero-order valence-corrected chi connectivity index (χ0v) is 6.70. The minimum absolute atomic E-state index is 0.000602. The molecule has 62 valence electrons. The molecule has 0 aromatic carbocycles. The molecule has 1 unspecified atom stereocenters. The topological polar surface area (TPSA) is 64.7 Å². The largest absolute Gasteiger partial charge is 0.452 e. The second-order valence-corrected chi connectivity index (χ2v) is 3.02. The number of nitrogens with two attached hydrogens (primary N) is 1. The molecule has 1 aliphatic heterocycles. The molecule has 4 heteroatoms. The van der Waals surface area contributed by atoms with Gasteiger partial charge in [0.15, 0.2) is 6.10 Å². The summed E-state index contributed by atoms with van der Waals surface area (Å²) in [7, 11) is 0. The van der Waals surface area contributed by atoms with Gasteiger partial charge in [-0.1, -0.05) is 13.8 Å². The maximum Gasteiger partial charge on any atom is 0.291 e. The van der Waals surface area contributed by atoms with E-state index in [2.05, 4.69) is 4.99 Å². The predicted octanol–water partition coefficient (Wildman–Crippen LogP) is 0.273. The number of hydrogen-bond donors (Lipinski definition) is 1. The summed E-state index contributed by atoms with van der Waals surface area (Å²) in [5.74, 6) is 0.168. The van der Waals surface area contributed by atoms with Gasteiger partial charge in [-0.2, -0.15) is 4.99 Å². The summed E-state index contributed by atoms with van der Waals surface area (Å²) < 4.78 is 4.96. The van der Waals surface area contributed by atoms with Crippen molar-refractivity contribution < 1.29 is 9.53 Å². The molecule has 11 heavy (non-hydrogen) atoms. The van der Waals surface area contributed by atoms with Crippen molar-refractivity contribution in [2.24, 2.45) is 16.6 Å². The molecule has 0 aliphatic carbocycles. The molecule has 1 atom stereocenters. The molecule has 0 saturated heterocycles. The van der Waals surface area contributed by atoms with Crippen LogP contribution in [0.2, 0.25) is 0 Å². The van der Waals surface area contributed by atoms with E-state index in [1.165, 1.54) is 0 Å². The Bertz CT molecular complexity index is 199. The number of amidine groups is 1. The fourth-order valence-electron chi connectivity index (χ4n) is 0.980. The van der Waals surface area contributed by atoms with Gasteiger partial charge >= 0.3 is 0 Å². The van der Waals surface area contributed by atoms with E-state index in [0.29, 0.717) is 12.3 Å². The fraction of sp³-hybridized carbons (Fsp3) is 0.714. The van der Waals surface area contributed by atoms with Gasteiger partial charge in [0.1, 0.15) is 0 Å². The lowest BCUT2D eigenvalue weighted by Crippen LogP contribution is -2.22. The van der Waals surface area contributed by atoms with Crippen LogP contribution in [0.1, 0.15) is 20.3 Å². The van der Waals surface area contributed by atoms with E-state index in [1.54, 1.807) is 0 Å². The molecule has 0 fully saturated rings. The van der Waals surface area contributed by atoms with Crippen LogP contribution in [0.3, 0.4) is 0 Å². The summed E-state index contributed by atoms with van der Waals surface area (Å²) in [4.78, 5) is 14.4. The van der Waals surface area contributed by atoms with E-state index in [9.17, 15) is 4.79 Å². The van der Waals surface area contributed by atoms with Crippen LogP contribution in [-0.2, 0) is 9.53 Å². The molecule has 0 aromatic heterocycles. The smallest absolute Gasteiger partial charge is 0.291 e. The molecule has 0 saturated carbocycles. The lowest BCUT2D eigenvalue weighted by molar-refractivity contribution is -0.123. The average Bonchev–Trinajstić information content (AvgIpc) is 2.09. The van der Waals surface area contributed by atoms with Crippen molar-refractivity contribution in [3.05, 3.63) is 0 Å².